The Morgan fingerprint density at radius 1 is 1.56 bits per heavy atom. The van der Waals surface area contributed by atoms with Gasteiger partial charge >= 0.3 is 0 Å². The second-order valence-electron chi connectivity index (χ2n) is 3.96. The summed E-state index contributed by atoms with van der Waals surface area (Å²) in [4.78, 5) is 4.13. The van der Waals surface area contributed by atoms with E-state index >= 15 is 0 Å². The summed E-state index contributed by atoms with van der Waals surface area (Å²) in [5, 5.41) is 3.61. The lowest BCUT2D eigenvalue weighted by molar-refractivity contribution is 0.107. The Hall–Kier alpha value is -1.00. The van der Waals surface area contributed by atoms with E-state index in [0.717, 1.165) is 31.8 Å². The molecule has 0 amide bonds. The predicted octanol–water partition coefficient (Wildman–Crippen LogP) is 2.30. The van der Waals surface area contributed by atoms with Gasteiger partial charge in [-0.2, -0.15) is 0 Å². The first-order valence-corrected chi connectivity index (χ1v) is 5.90. The summed E-state index contributed by atoms with van der Waals surface area (Å²) in [6.45, 7) is 1.73. The van der Waals surface area contributed by atoms with E-state index in [2.05, 4.69) is 10.3 Å². The molecule has 1 fully saturated rings. The molecule has 0 spiro atoms. The van der Waals surface area contributed by atoms with Crippen molar-refractivity contribution >= 4 is 23.1 Å². The molecular weight excluding hydrogens is 226 g/mol. The quantitative estimate of drug-likeness (QED) is 0.795. The monoisotopic (exact) mass is 241 g/mol. The first-order valence-electron chi connectivity index (χ1n) is 5.52. The van der Waals surface area contributed by atoms with Gasteiger partial charge in [0.05, 0.1) is 6.10 Å². The number of nitrogens with zero attached hydrogens (tertiary/aromatic N) is 1. The molecule has 88 valence electrons. The van der Waals surface area contributed by atoms with Gasteiger partial charge in [-0.1, -0.05) is 11.6 Å². The number of ether oxygens (including phenoxy) is 1. The zero-order valence-electron chi connectivity index (χ0n) is 9.08. The largest absolute Gasteiger partial charge is 0.399 e. The van der Waals surface area contributed by atoms with Gasteiger partial charge in [0.25, 0.3) is 0 Å². The zero-order chi connectivity index (χ0) is 11.4. The minimum Gasteiger partial charge on any atom is -0.399 e. The van der Waals surface area contributed by atoms with Crippen LogP contribution in [-0.4, -0.2) is 24.2 Å². The molecule has 2 heterocycles. The number of halogens is 1. The molecule has 1 unspecified atom stereocenters. The van der Waals surface area contributed by atoms with Gasteiger partial charge in [0.2, 0.25) is 0 Å². The molecule has 1 aliphatic heterocycles. The van der Waals surface area contributed by atoms with E-state index in [0.29, 0.717) is 16.9 Å². The van der Waals surface area contributed by atoms with Crippen molar-refractivity contribution in [2.24, 2.45) is 0 Å². The number of nitrogens with two attached hydrogens (primary N) is 1. The van der Waals surface area contributed by atoms with Crippen LogP contribution in [0.3, 0.4) is 0 Å². The minimum atomic E-state index is 0.393. The van der Waals surface area contributed by atoms with Gasteiger partial charge in [0.1, 0.15) is 11.0 Å². The van der Waals surface area contributed by atoms with Crippen molar-refractivity contribution in [2.75, 3.05) is 24.2 Å². The molecule has 1 aliphatic rings. The summed E-state index contributed by atoms with van der Waals surface area (Å²) in [5.74, 6) is 0.725. The maximum absolute atomic E-state index is 5.80. The molecular formula is C11H16ClN3O. The number of nitrogens with one attached hydrogen (secondary N) is 1. The standard InChI is InChI=1S/C11H16ClN3O/c12-10-6-8(13)7-11(15-10)14-4-3-9-2-1-5-16-9/h6-7,9H,1-5H2,(H3,13,14,15). The number of hydrogen-bond acceptors (Lipinski definition) is 4. The average Bonchev–Trinajstić information content (AvgIpc) is 2.69. The van der Waals surface area contributed by atoms with Crippen molar-refractivity contribution in [3.8, 4) is 0 Å². The molecule has 0 bridgehead atoms. The molecule has 0 radical (unpaired) electrons. The highest BCUT2D eigenvalue weighted by Gasteiger charge is 2.14. The van der Waals surface area contributed by atoms with Crippen molar-refractivity contribution < 1.29 is 4.74 Å². The van der Waals surface area contributed by atoms with E-state index in [4.69, 9.17) is 22.1 Å². The lowest BCUT2D eigenvalue weighted by Crippen LogP contribution is -2.13. The van der Waals surface area contributed by atoms with Crippen LogP contribution in [-0.2, 0) is 4.74 Å². The van der Waals surface area contributed by atoms with Gasteiger partial charge in [0.15, 0.2) is 0 Å². The number of hydrogen-bond donors (Lipinski definition) is 2. The molecule has 0 aromatic carbocycles. The van der Waals surface area contributed by atoms with Crippen molar-refractivity contribution in [3.63, 3.8) is 0 Å². The smallest absolute Gasteiger partial charge is 0.133 e. The number of aromatic nitrogens is 1. The molecule has 1 aromatic heterocycles. The van der Waals surface area contributed by atoms with Crippen LogP contribution >= 0.6 is 11.6 Å². The van der Waals surface area contributed by atoms with Crippen LogP contribution in [0.2, 0.25) is 5.15 Å². The lowest BCUT2D eigenvalue weighted by Gasteiger charge is -2.10. The van der Waals surface area contributed by atoms with Crippen LogP contribution in [0.4, 0.5) is 11.5 Å². The molecule has 5 heteroatoms. The molecule has 2 rings (SSSR count). The molecule has 1 saturated heterocycles. The number of rotatable bonds is 4. The topological polar surface area (TPSA) is 60.2 Å². The fourth-order valence-corrected chi connectivity index (χ4v) is 2.06. The van der Waals surface area contributed by atoms with E-state index in [1.165, 1.54) is 6.42 Å². The lowest BCUT2D eigenvalue weighted by atomic mass is 10.2. The van der Waals surface area contributed by atoms with Crippen molar-refractivity contribution in [2.45, 2.75) is 25.4 Å². The Morgan fingerprint density at radius 2 is 2.44 bits per heavy atom. The summed E-state index contributed by atoms with van der Waals surface area (Å²) in [5.41, 5.74) is 6.29. The van der Waals surface area contributed by atoms with Crippen LogP contribution < -0.4 is 11.1 Å². The SMILES string of the molecule is Nc1cc(Cl)nc(NCCC2CCCO2)c1. The summed E-state index contributed by atoms with van der Waals surface area (Å²) in [6.07, 6.45) is 3.72. The van der Waals surface area contributed by atoms with Gasteiger partial charge < -0.3 is 15.8 Å². The fourth-order valence-electron chi connectivity index (χ4n) is 1.84. The highest BCUT2D eigenvalue weighted by molar-refractivity contribution is 6.29. The Labute approximate surface area is 100 Å². The maximum atomic E-state index is 5.80. The molecule has 3 N–H and O–H groups in total. The van der Waals surface area contributed by atoms with E-state index in [-0.39, 0.29) is 0 Å². The third-order valence-electron chi connectivity index (χ3n) is 2.61. The second-order valence-corrected chi connectivity index (χ2v) is 4.35. The third kappa shape index (κ3) is 3.25. The van der Waals surface area contributed by atoms with Gasteiger partial charge in [-0.15, -0.1) is 0 Å². The van der Waals surface area contributed by atoms with E-state index in [9.17, 15) is 0 Å². The summed E-state index contributed by atoms with van der Waals surface area (Å²) in [7, 11) is 0. The van der Waals surface area contributed by atoms with Crippen LogP contribution in [0, 0.1) is 0 Å². The number of anilines is 2. The van der Waals surface area contributed by atoms with E-state index < -0.39 is 0 Å². The van der Waals surface area contributed by atoms with Crippen molar-refractivity contribution in [1.29, 1.82) is 0 Å². The molecule has 16 heavy (non-hydrogen) atoms. The van der Waals surface area contributed by atoms with E-state index in [1.54, 1.807) is 12.1 Å². The number of nitrogen functional groups attached to an aromatic ring is 1. The third-order valence-corrected chi connectivity index (χ3v) is 2.81. The van der Waals surface area contributed by atoms with Gasteiger partial charge in [0, 0.05) is 24.9 Å². The van der Waals surface area contributed by atoms with Crippen LogP contribution in [0.1, 0.15) is 19.3 Å². The van der Waals surface area contributed by atoms with Crippen molar-refractivity contribution in [3.05, 3.63) is 17.3 Å². The van der Waals surface area contributed by atoms with Gasteiger partial charge in [-0.05, 0) is 25.3 Å². The Kier molecular flexibility index (Phi) is 3.85. The zero-order valence-corrected chi connectivity index (χ0v) is 9.83. The van der Waals surface area contributed by atoms with E-state index in [1.807, 2.05) is 0 Å². The molecule has 1 atom stereocenters. The van der Waals surface area contributed by atoms with Crippen LogP contribution in [0.5, 0.6) is 0 Å². The van der Waals surface area contributed by atoms with Gasteiger partial charge in [-0.3, -0.25) is 0 Å². The summed E-state index contributed by atoms with van der Waals surface area (Å²) >= 11 is 5.80. The maximum Gasteiger partial charge on any atom is 0.133 e. The molecule has 0 aliphatic carbocycles. The minimum absolute atomic E-state index is 0.393. The fraction of sp³-hybridized carbons (Fsp3) is 0.545. The highest BCUT2D eigenvalue weighted by Crippen LogP contribution is 2.17. The predicted molar refractivity (Wildman–Crippen MR) is 65.7 cm³/mol. The Morgan fingerprint density at radius 3 is 3.12 bits per heavy atom. The Balaban J connectivity index is 1.80. The Bertz CT molecular complexity index is 333. The first kappa shape index (κ1) is 11.5. The first-order chi connectivity index (χ1) is 7.74. The van der Waals surface area contributed by atoms with Gasteiger partial charge in [-0.25, -0.2) is 4.98 Å². The van der Waals surface area contributed by atoms with Crippen LogP contribution in [0.15, 0.2) is 12.1 Å². The van der Waals surface area contributed by atoms with Crippen molar-refractivity contribution in [1.82, 2.24) is 4.98 Å². The number of pyridine rings is 1. The molecule has 4 nitrogen and oxygen atoms in total. The molecule has 1 aromatic rings. The van der Waals surface area contributed by atoms with Crippen LogP contribution in [0.25, 0.3) is 0 Å². The summed E-state index contributed by atoms with van der Waals surface area (Å²) in [6, 6.07) is 3.41. The average molecular weight is 242 g/mol. The normalized spacial score (nSPS) is 19.9. The summed E-state index contributed by atoms with van der Waals surface area (Å²) < 4.78 is 5.53. The molecule has 0 saturated carbocycles. The second kappa shape index (κ2) is 5.37. The highest BCUT2D eigenvalue weighted by atomic mass is 35.5.